The van der Waals surface area contributed by atoms with Gasteiger partial charge in [0.05, 0.1) is 22.2 Å². The van der Waals surface area contributed by atoms with Gasteiger partial charge in [-0.05, 0) is 38.9 Å². The van der Waals surface area contributed by atoms with E-state index in [0.717, 1.165) is 49.9 Å². The van der Waals surface area contributed by atoms with Crippen LogP contribution in [0.15, 0.2) is 24.3 Å². The number of anilines is 1. The lowest BCUT2D eigenvalue weighted by molar-refractivity contribution is 0.230. The van der Waals surface area contributed by atoms with Crippen LogP contribution >= 0.6 is 11.6 Å². The average molecular weight is 292 g/mol. The first-order chi connectivity index (χ1) is 9.52. The van der Waals surface area contributed by atoms with Crippen molar-refractivity contribution < 1.29 is 0 Å². The maximum absolute atomic E-state index is 9.05. The van der Waals surface area contributed by atoms with Crippen LogP contribution in [0.4, 0.5) is 5.69 Å². The van der Waals surface area contributed by atoms with Crippen molar-refractivity contribution in [2.45, 2.75) is 20.3 Å². The highest BCUT2D eigenvalue weighted by molar-refractivity contribution is 6.33. The van der Waals surface area contributed by atoms with Crippen molar-refractivity contribution in [3.63, 3.8) is 0 Å². The molecule has 1 saturated heterocycles. The van der Waals surface area contributed by atoms with E-state index in [-0.39, 0.29) is 5.41 Å². The quantitative estimate of drug-likeness (QED) is 0.852. The number of nitrogens with zero attached hydrogens (tertiary/aromatic N) is 3. The Morgan fingerprint density at radius 1 is 1.20 bits per heavy atom. The Labute approximate surface area is 126 Å². The molecule has 108 valence electrons. The lowest BCUT2D eigenvalue weighted by Crippen LogP contribution is -2.47. The van der Waals surface area contributed by atoms with Crippen LogP contribution < -0.4 is 4.90 Å². The van der Waals surface area contributed by atoms with Crippen LogP contribution in [0, 0.1) is 16.7 Å². The summed E-state index contributed by atoms with van der Waals surface area (Å²) in [5.74, 6) is 0. The third kappa shape index (κ3) is 3.88. The Hall–Kier alpha value is -1.24. The molecule has 0 aliphatic carbocycles. The van der Waals surface area contributed by atoms with Gasteiger partial charge in [-0.2, -0.15) is 5.26 Å². The van der Waals surface area contributed by atoms with Crippen molar-refractivity contribution in [3.8, 4) is 6.07 Å². The van der Waals surface area contributed by atoms with Gasteiger partial charge in [-0.1, -0.05) is 23.7 Å². The third-order valence-electron chi connectivity index (χ3n) is 3.92. The first kappa shape index (κ1) is 15.2. The maximum atomic E-state index is 9.05. The minimum Gasteiger partial charge on any atom is -0.368 e. The predicted octanol–water partition coefficient (Wildman–Crippen LogP) is 3.40. The first-order valence-corrected chi connectivity index (χ1v) is 7.53. The number of halogens is 1. The predicted molar refractivity (Wildman–Crippen MR) is 84.1 cm³/mol. The van der Waals surface area contributed by atoms with Crippen LogP contribution in [0.3, 0.4) is 0 Å². The van der Waals surface area contributed by atoms with Crippen molar-refractivity contribution in [1.29, 1.82) is 5.26 Å². The Kier molecular flexibility index (Phi) is 4.91. The highest BCUT2D eigenvalue weighted by atomic mass is 35.5. The molecule has 0 atom stereocenters. The summed E-state index contributed by atoms with van der Waals surface area (Å²) in [5.41, 5.74) is 0.908. The Balaban J connectivity index is 1.84. The van der Waals surface area contributed by atoms with E-state index in [9.17, 15) is 0 Å². The number of para-hydroxylation sites is 1. The zero-order chi connectivity index (χ0) is 14.6. The van der Waals surface area contributed by atoms with Crippen LogP contribution in [0.25, 0.3) is 0 Å². The van der Waals surface area contributed by atoms with E-state index in [4.69, 9.17) is 16.9 Å². The van der Waals surface area contributed by atoms with Gasteiger partial charge in [-0.3, -0.25) is 4.90 Å². The largest absolute Gasteiger partial charge is 0.368 e. The van der Waals surface area contributed by atoms with Gasteiger partial charge in [0.15, 0.2) is 0 Å². The molecule has 4 heteroatoms. The molecule has 0 saturated carbocycles. The van der Waals surface area contributed by atoms with Crippen LogP contribution in [0.2, 0.25) is 5.02 Å². The van der Waals surface area contributed by atoms with E-state index in [2.05, 4.69) is 21.9 Å². The van der Waals surface area contributed by atoms with Gasteiger partial charge >= 0.3 is 0 Å². The van der Waals surface area contributed by atoms with Gasteiger partial charge in [0.1, 0.15) is 0 Å². The molecule has 3 nitrogen and oxygen atoms in total. The van der Waals surface area contributed by atoms with E-state index in [0.29, 0.717) is 0 Å². The van der Waals surface area contributed by atoms with Crippen molar-refractivity contribution in [3.05, 3.63) is 29.3 Å². The van der Waals surface area contributed by atoms with Gasteiger partial charge in [-0.25, -0.2) is 0 Å². The molecule has 0 unspecified atom stereocenters. The molecular weight excluding hydrogens is 270 g/mol. The molecule has 0 amide bonds. The molecule has 1 heterocycles. The van der Waals surface area contributed by atoms with Gasteiger partial charge in [0, 0.05) is 26.2 Å². The second-order valence-corrected chi connectivity index (χ2v) is 6.43. The fourth-order valence-corrected chi connectivity index (χ4v) is 2.67. The SMILES string of the molecule is CC(C)(C#N)CCN1CCN(c2ccccc2Cl)CC1. The number of nitriles is 1. The smallest absolute Gasteiger partial charge is 0.0684 e. The summed E-state index contributed by atoms with van der Waals surface area (Å²) in [4.78, 5) is 4.78. The molecular formula is C16H22ClN3. The van der Waals surface area contributed by atoms with Gasteiger partial charge in [0.2, 0.25) is 0 Å². The van der Waals surface area contributed by atoms with Gasteiger partial charge < -0.3 is 4.90 Å². The number of hydrogen-bond donors (Lipinski definition) is 0. The van der Waals surface area contributed by atoms with Crippen LogP contribution in [0.5, 0.6) is 0 Å². The number of benzene rings is 1. The topological polar surface area (TPSA) is 30.3 Å². The molecule has 0 radical (unpaired) electrons. The zero-order valence-electron chi connectivity index (χ0n) is 12.3. The number of piperazine rings is 1. The Bertz CT molecular complexity index is 485. The molecule has 0 bridgehead atoms. The summed E-state index contributed by atoms with van der Waals surface area (Å²) in [7, 11) is 0. The van der Waals surface area contributed by atoms with Gasteiger partial charge in [-0.15, -0.1) is 0 Å². The van der Waals surface area contributed by atoms with Gasteiger partial charge in [0.25, 0.3) is 0 Å². The molecule has 0 N–H and O–H groups in total. The molecule has 20 heavy (non-hydrogen) atoms. The first-order valence-electron chi connectivity index (χ1n) is 7.15. The summed E-state index contributed by atoms with van der Waals surface area (Å²) in [6.45, 7) is 9.07. The molecule has 1 fully saturated rings. The summed E-state index contributed by atoms with van der Waals surface area (Å²) in [5, 5.41) is 9.88. The zero-order valence-corrected chi connectivity index (χ0v) is 13.0. The summed E-state index contributed by atoms with van der Waals surface area (Å²) in [6, 6.07) is 10.4. The summed E-state index contributed by atoms with van der Waals surface area (Å²) in [6.07, 6.45) is 0.926. The normalized spacial score (nSPS) is 17.0. The van der Waals surface area contributed by atoms with Crippen molar-refractivity contribution >= 4 is 17.3 Å². The molecule has 1 aliphatic rings. The van der Waals surface area contributed by atoms with E-state index in [1.807, 2.05) is 32.0 Å². The fourth-order valence-electron chi connectivity index (χ4n) is 2.41. The van der Waals surface area contributed by atoms with E-state index in [1.54, 1.807) is 0 Å². The van der Waals surface area contributed by atoms with Crippen LogP contribution in [-0.2, 0) is 0 Å². The number of rotatable bonds is 4. The Morgan fingerprint density at radius 2 is 1.85 bits per heavy atom. The monoisotopic (exact) mass is 291 g/mol. The average Bonchev–Trinajstić information content (AvgIpc) is 2.46. The molecule has 1 aromatic rings. The fraction of sp³-hybridized carbons (Fsp3) is 0.562. The molecule has 2 rings (SSSR count). The van der Waals surface area contributed by atoms with E-state index in [1.165, 1.54) is 0 Å². The summed E-state index contributed by atoms with van der Waals surface area (Å²) < 4.78 is 0. The van der Waals surface area contributed by atoms with Crippen LogP contribution in [0.1, 0.15) is 20.3 Å². The highest BCUT2D eigenvalue weighted by Gasteiger charge is 2.22. The van der Waals surface area contributed by atoms with E-state index < -0.39 is 0 Å². The third-order valence-corrected chi connectivity index (χ3v) is 4.24. The number of hydrogen-bond acceptors (Lipinski definition) is 3. The molecule has 0 aromatic heterocycles. The maximum Gasteiger partial charge on any atom is 0.0684 e. The van der Waals surface area contributed by atoms with Crippen molar-refractivity contribution in [2.75, 3.05) is 37.6 Å². The minimum absolute atomic E-state index is 0.222. The minimum atomic E-state index is -0.222. The summed E-state index contributed by atoms with van der Waals surface area (Å²) >= 11 is 6.24. The lowest BCUT2D eigenvalue weighted by atomic mass is 9.91. The lowest BCUT2D eigenvalue weighted by Gasteiger charge is -2.37. The molecule has 1 aromatic carbocycles. The molecule has 1 aliphatic heterocycles. The standard InChI is InChI=1S/C16H22ClN3/c1-16(2,13-18)7-8-19-9-11-20(12-10-19)15-6-4-3-5-14(15)17/h3-6H,7-12H2,1-2H3. The van der Waals surface area contributed by atoms with E-state index >= 15 is 0 Å². The molecule has 0 spiro atoms. The van der Waals surface area contributed by atoms with Crippen LogP contribution in [-0.4, -0.2) is 37.6 Å². The highest BCUT2D eigenvalue weighted by Crippen LogP contribution is 2.26. The van der Waals surface area contributed by atoms with Crippen molar-refractivity contribution in [2.24, 2.45) is 5.41 Å². The second-order valence-electron chi connectivity index (χ2n) is 6.03. The van der Waals surface area contributed by atoms with Crippen molar-refractivity contribution in [1.82, 2.24) is 4.90 Å². The second kappa shape index (κ2) is 6.47. The Morgan fingerprint density at radius 3 is 2.45 bits per heavy atom.